The summed E-state index contributed by atoms with van der Waals surface area (Å²) in [5.74, 6) is 1.94. The zero-order valence-electron chi connectivity index (χ0n) is 11.8. The van der Waals surface area contributed by atoms with Crippen LogP contribution in [0.25, 0.3) is 0 Å². The zero-order valence-corrected chi connectivity index (χ0v) is 15.0. The second-order valence-electron chi connectivity index (χ2n) is 5.13. The van der Waals surface area contributed by atoms with Crippen LogP contribution in [-0.4, -0.2) is 18.5 Å². The maximum atomic E-state index is 12.4. The highest BCUT2D eigenvalue weighted by Gasteiger charge is 2.36. The SMILES string of the molecule is O=C1CSC(c2cc3c(cc2Br)OCO3)N1c1ccc(Cl)cc1. The lowest BCUT2D eigenvalue weighted by Crippen LogP contribution is -2.27. The molecule has 23 heavy (non-hydrogen) atoms. The van der Waals surface area contributed by atoms with E-state index in [-0.39, 0.29) is 18.1 Å². The lowest BCUT2D eigenvalue weighted by Gasteiger charge is -2.25. The average molecular weight is 413 g/mol. The van der Waals surface area contributed by atoms with Gasteiger partial charge >= 0.3 is 0 Å². The van der Waals surface area contributed by atoms with E-state index in [1.807, 2.05) is 24.3 Å². The number of nitrogens with zero attached hydrogens (tertiary/aromatic N) is 1. The van der Waals surface area contributed by atoms with Gasteiger partial charge in [0.1, 0.15) is 5.37 Å². The predicted octanol–water partition coefficient (Wildman–Crippen LogP) is 4.61. The van der Waals surface area contributed by atoms with E-state index < -0.39 is 0 Å². The Kier molecular flexibility index (Phi) is 3.91. The predicted molar refractivity (Wildman–Crippen MR) is 94.4 cm³/mol. The summed E-state index contributed by atoms with van der Waals surface area (Å²) in [6.45, 7) is 0.225. The molecule has 0 N–H and O–H groups in total. The van der Waals surface area contributed by atoms with Crippen LogP contribution in [0.2, 0.25) is 5.02 Å². The molecule has 0 spiro atoms. The van der Waals surface area contributed by atoms with Gasteiger partial charge in [-0.2, -0.15) is 0 Å². The van der Waals surface area contributed by atoms with Gasteiger partial charge in [-0.1, -0.05) is 27.5 Å². The minimum atomic E-state index is -0.118. The van der Waals surface area contributed by atoms with E-state index in [2.05, 4.69) is 15.9 Å². The van der Waals surface area contributed by atoms with Gasteiger partial charge in [0.15, 0.2) is 11.5 Å². The zero-order chi connectivity index (χ0) is 16.0. The average Bonchev–Trinajstić information content (AvgIpc) is 3.13. The van der Waals surface area contributed by atoms with Crippen molar-refractivity contribution < 1.29 is 14.3 Å². The minimum absolute atomic E-state index is 0.0758. The summed E-state index contributed by atoms with van der Waals surface area (Å²) in [6.07, 6.45) is 0. The highest BCUT2D eigenvalue weighted by Crippen LogP contribution is 2.47. The van der Waals surface area contributed by atoms with Crippen LogP contribution in [0.3, 0.4) is 0 Å². The van der Waals surface area contributed by atoms with Gasteiger partial charge in [0, 0.05) is 20.7 Å². The van der Waals surface area contributed by atoms with E-state index in [1.165, 1.54) is 0 Å². The van der Waals surface area contributed by atoms with Crippen LogP contribution in [-0.2, 0) is 4.79 Å². The second kappa shape index (κ2) is 5.92. The summed E-state index contributed by atoms with van der Waals surface area (Å²) in [5.41, 5.74) is 1.82. The van der Waals surface area contributed by atoms with Crippen LogP contribution < -0.4 is 14.4 Å². The third-order valence-electron chi connectivity index (χ3n) is 3.73. The maximum Gasteiger partial charge on any atom is 0.238 e. The molecule has 4 nitrogen and oxygen atoms in total. The fourth-order valence-corrected chi connectivity index (χ4v) is 4.68. The number of rotatable bonds is 2. The number of halogens is 2. The Hall–Kier alpha value is -1.37. The lowest BCUT2D eigenvalue weighted by molar-refractivity contribution is -0.115. The number of benzene rings is 2. The molecule has 4 rings (SSSR count). The molecule has 1 amide bonds. The summed E-state index contributed by atoms with van der Waals surface area (Å²) >= 11 is 11.1. The third-order valence-corrected chi connectivity index (χ3v) is 5.86. The molecular formula is C16H11BrClNO3S. The van der Waals surface area contributed by atoms with Crippen molar-refractivity contribution >= 4 is 50.9 Å². The van der Waals surface area contributed by atoms with Crippen molar-refractivity contribution in [1.82, 2.24) is 0 Å². The summed E-state index contributed by atoms with van der Waals surface area (Å²) in [5, 5.41) is 0.529. The number of hydrogen-bond donors (Lipinski definition) is 0. The number of fused-ring (bicyclic) bond motifs is 1. The van der Waals surface area contributed by atoms with Gasteiger partial charge in [-0.05, 0) is 36.4 Å². The molecule has 0 saturated carbocycles. The van der Waals surface area contributed by atoms with Crippen LogP contribution in [0.1, 0.15) is 10.9 Å². The Bertz CT molecular complexity index is 784. The van der Waals surface area contributed by atoms with Crippen LogP contribution in [0.5, 0.6) is 11.5 Å². The fraction of sp³-hybridized carbons (Fsp3) is 0.188. The van der Waals surface area contributed by atoms with Gasteiger partial charge in [-0.3, -0.25) is 9.69 Å². The van der Waals surface area contributed by atoms with Crippen molar-refractivity contribution in [3.63, 3.8) is 0 Å². The number of thioether (sulfide) groups is 1. The molecule has 2 aliphatic rings. The molecule has 2 aromatic carbocycles. The number of hydrogen-bond acceptors (Lipinski definition) is 4. The first kappa shape index (κ1) is 15.2. The number of carbonyl (C=O) groups excluding carboxylic acids is 1. The van der Waals surface area contributed by atoms with E-state index in [9.17, 15) is 4.79 Å². The summed E-state index contributed by atoms with van der Waals surface area (Å²) < 4.78 is 11.7. The van der Waals surface area contributed by atoms with Crippen molar-refractivity contribution in [2.24, 2.45) is 0 Å². The van der Waals surface area contributed by atoms with Gasteiger partial charge in [0.05, 0.1) is 5.75 Å². The first-order valence-corrected chi connectivity index (χ1v) is 9.14. The van der Waals surface area contributed by atoms with E-state index in [4.69, 9.17) is 21.1 Å². The summed E-state index contributed by atoms with van der Waals surface area (Å²) in [7, 11) is 0. The molecule has 7 heteroatoms. The third kappa shape index (κ3) is 2.69. The molecule has 0 aromatic heterocycles. The molecular weight excluding hydrogens is 402 g/mol. The van der Waals surface area contributed by atoms with Crippen molar-refractivity contribution in [2.75, 3.05) is 17.4 Å². The molecule has 0 bridgehead atoms. The smallest absolute Gasteiger partial charge is 0.238 e. The minimum Gasteiger partial charge on any atom is -0.454 e. The molecule has 0 radical (unpaired) electrons. The molecule has 2 heterocycles. The van der Waals surface area contributed by atoms with E-state index in [0.29, 0.717) is 22.3 Å². The Labute approximate surface area is 150 Å². The number of carbonyl (C=O) groups is 1. The lowest BCUT2D eigenvalue weighted by atomic mass is 10.1. The first-order chi connectivity index (χ1) is 11.1. The molecule has 1 atom stereocenters. The van der Waals surface area contributed by atoms with E-state index in [0.717, 1.165) is 15.7 Å². The van der Waals surface area contributed by atoms with Crippen LogP contribution >= 0.6 is 39.3 Å². The molecule has 0 aliphatic carbocycles. The van der Waals surface area contributed by atoms with Crippen molar-refractivity contribution in [2.45, 2.75) is 5.37 Å². The highest BCUT2D eigenvalue weighted by molar-refractivity contribution is 9.10. The summed E-state index contributed by atoms with van der Waals surface area (Å²) in [4.78, 5) is 14.2. The van der Waals surface area contributed by atoms with Crippen LogP contribution in [0.4, 0.5) is 5.69 Å². The Morgan fingerprint density at radius 2 is 1.87 bits per heavy atom. The van der Waals surface area contributed by atoms with Crippen molar-refractivity contribution in [3.05, 3.63) is 51.5 Å². The molecule has 1 saturated heterocycles. The molecule has 1 fully saturated rings. The highest BCUT2D eigenvalue weighted by atomic mass is 79.9. The Morgan fingerprint density at radius 3 is 2.61 bits per heavy atom. The number of amides is 1. The maximum absolute atomic E-state index is 12.4. The second-order valence-corrected chi connectivity index (χ2v) is 7.49. The van der Waals surface area contributed by atoms with Crippen molar-refractivity contribution in [1.29, 1.82) is 0 Å². The standard InChI is InChI=1S/C16H11BrClNO3S/c17-12-6-14-13(21-8-22-14)5-11(12)16-19(15(20)7-23-16)10-3-1-9(18)2-4-10/h1-6,16H,7-8H2. The Morgan fingerprint density at radius 1 is 1.17 bits per heavy atom. The summed E-state index contributed by atoms with van der Waals surface area (Å²) in [6, 6.07) is 11.1. The first-order valence-electron chi connectivity index (χ1n) is 6.92. The van der Waals surface area contributed by atoms with Gasteiger partial charge in [0.2, 0.25) is 12.7 Å². The van der Waals surface area contributed by atoms with E-state index in [1.54, 1.807) is 28.8 Å². The largest absolute Gasteiger partial charge is 0.454 e. The monoisotopic (exact) mass is 411 g/mol. The number of anilines is 1. The van der Waals surface area contributed by atoms with Gasteiger partial charge < -0.3 is 9.47 Å². The van der Waals surface area contributed by atoms with Crippen LogP contribution in [0.15, 0.2) is 40.9 Å². The topological polar surface area (TPSA) is 38.8 Å². The van der Waals surface area contributed by atoms with Gasteiger partial charge in [-0.25, -0.2) is 0 Å². The van der Waals surface area contributed by atoms with Gasteiger partial charge in [0.25, 0.3) is 0 Å². The van der Waals surface area contributed by atoms with Gasteiger partial charge in [-0.15, -0.1) is 11.8 Å². The molecule has 118 valence electrons. The molecule has 1 unspecified atom stereocenters. The number of ether oxygens (including phenoxy) is 2. The molecule has 2 aliphatic heterocycles. The van der Waals surface area contributed by atoms with E-state index >= 15 is 0 Å². The van der Waals surface area contributed by atoms with Crippen LogP contribution in [0, 0.1) is 0 Å². The molecule has 2 aromatic rings. The van der Waals surface area contributed by atoms with Crippen molar-refractivity contribution in [3.8, 4) is 11.5 Å². The fourth-order valence-electron chi connectivity index (χ4n) is 2.66. The normalized spacial score (nSPS) is 19.5. The Balaban J connectivity index is 1.75. The quantitative estimate of drug-likeness (QED) is 0.722.